The van der Waals surface area contributed by atoms with Gasteiger partial charge < -0.3 is 4.57 Å². The van der Waals surface area contributed by atoms with E-state index in [1.165, 1.54) is 0 Å². The molecule has 1 aromatic carbocycles. The Kier molecular flexibility index (Phi) is 3.32. The van der Waals surface area contributed by atoms with Crippen LogP contribution in [0.25, 0.3) is 11.6 Å². The zero-order valence-electron chi connectivity index (χ0n) is 9.39. The summed E-state index contributed by atoms with van der Waals surface area (Å²) in [6.07, 6.45) is 3.80. The highest BCUT2D eigenvalue weighted by atomic mass is 35.5. The number of rotatable bonds is 2. The second kappa shape index (κ2) is 4.90. The first kappa shape index (κ1) is 11.5. The van der Waals surface area contributed by atoms with Gasteiger partial charge >= 0.3 is 0 Å². The molecule has 2 aromatic rings. The Labute approximate surface area is 105 Å². The highest BCUT2D eigenvalue weighted by Gasteiger charge is 2.02. The Bertz CT molecular complexity index is 603. The van der Waals surface area contributed by atoms with Gasteiger partial charge in [-0.2, -0.15) is 5.26 Å². The third-order valence-corrected chi connectivity index (χ3v) is 2.77. The van der Waals surface area contributed by atoms with E-state index in [2.05, 4.69) is 6.07 Å². The number of aryl methyl sites for hydroxylation is 1. The molecule has 0 bridgehead atoms. The predicted octanol–water partition coefficient (Wildman–Crippen LogP) is 3.74. The van der Waals surface area contributed by atoms with Gasteiger partial charge in [0.25, 0.3) is 0 Å². The van der Waals surface area contributed by atoms with Gasteiger partial charge in [-0.05, 0) is 35.9 Å². The van der Waals surface area contributed by atoms with Crippen molar-refractivity contribution in [1.82, 2.24) is 4.57 Å². The molecule has 0 aliphatic rings. The number of nitrogens with zero attached hydrogens (tertiary/aromatic N) is 2. The molecule has 0 amide bonds. The minimum absolute atomic E-state index is 0.606. The van der Waals surface area contributed by atoms with Crippen LogP contribution in [0.5, 0.6) is 0 Å². The Morgan fingerprint density at radius 3 is 2.76 bits per heavy atom. The molecule has 2 rings (SSSR count). The molecule has 0 aliphatic carbocycles. The van der Waals surface area contributed by atoms with E-state index >= 15 is 0 Å². The highest BCUT2D eigenvalue weighted by molar-refractivity contribution is 6.30. The van der Waals surface area contributed by atoms with Crippen molar-refractivity contribution in [2.24, 2.45) is 7.05 Å². The van der Waals surface area contributed by atoms with Gasteiger partial charge in [0, 0.05) is 24.0 Å². The molecule has 3 heteroatoms. The van der Waals surface area contributed by atoms with Crippen LogP contribution >= 0.6 is 11.6 Å². The van der Waals surface area contributed by atoms with Crippen molar-refractivity contribution in [2.75, 3.05) is 0 Å². The van der Waals surface area contributed by atoms with E-state index in [0.717, 1.165) is 11.3 Å². The van der Waals surface area contributed by atoms with Crippen molar-refractivity contribution in [2.45, 2.75) is 0 Å². The molecule has 0 saturated carbocycles. The molecular weight excluding hydrogens is 232 g/mol. The van der Waals surface area contributed by atoms with Crippen molar-refractivity contribution < 1.29 is 0 Å². The zero-order chi connectivity index (χ0) is 12.3. The van der Waals surface area contributed by atoms with Crippen molar-refractivity contribution in [3.8, 4) is 6.07 Å². The molecular formula is C14H11ClN2. The van der Waals surface area contributed by atoms with Crippen LogP contribution in [0.3, 0.4) is 0 Å². The van der Waals surface area contributed by atoms with Gasteiger partial charge in [-0.3, -0.25) is 0 Å². The van der Waals surface area contributed by atoms with Crippen LogP contribution in [0.1, 0.15) is 11.3 Å². The number of allylic oxidation sites excluding steroid dienone is 1. The van der Waals surface area contributed by atoms with Crippen LogP contribution in [0, 0.1) is 11.3 Å². The van der Waals surface area contributed by atoms with Crippen molar-refractivity contribution >= 4 is 23.3 Å². The lowest BCUT2D eigenvalue weighted by Gasteiger charge is -2.01. The summed E-state index contributed by atoms with van der Waals surface area (Å²) >= 11 is 5.92. The van der Waals surface area contributed by atoms with Gasteiger partial charge in [-0.15, -0.1) is 0 Å². The van der Waals surface area contributed by atoms with Crippen LogP contribution < -0.4 is 0 Å². The predicted molar refractivity (Wildman–Crippen MR) is 70.3 cm³/mol. The molecule has 0 fully saturated rings. The molecule has 2 nitrogen and oxygen atoms in total. The van der Waals surface area contributed by atoms with E-state index in [0.29, 0.717) is 10.6 Å². The topological polar surface area (TPSA) is 28.7 Å². The second-order valence-corrected chi connectivity index (χ2v) is 4.16. The standard InChI is InChI=1S/C14H11ClN2/c1-17-7-3-6-14(17)9-12(10-16)11-4-2-5-13(15)8-11/h2-9H,1H3/b12-9+. The summed E-state index contributed by atoms with van der Waals surface area (Å²) < 4.78 is 1.96. The maximum absolute atomic E-state index is 9.19. The quantitative estimate of drug-likeness (QED) is 0.738. The number of aromatic nitrogens is 1. The fraction of sp³-hybridized carbons (Fsp3) is 0.0714. The summed E-state index contributed by atoms with van der Waals surface area (Å²) in [6, 6.07) is 13.4. The van der Waals surface area contributed by atoms with E-state index in [9.17, 15) is 5.26 Å². The lowest BCUT2D eigenvalue weighted by Crippen LogP contribution is -1.89. The molecule has 17 heavy (non-hydrogen) atoms. The molecule has 0 atom stereocenters. The maximum atomic E-state index is 9.19. The largest absolute Gasteiger partial charge is 0.351 e. The third kappa shape index (κ3) is 2.58. The first-order valence-electron chi connectivity index (χ1n) is 5.20. The van der Waals surface area contributed by atoms with Gasteiger partial charge in [0.15, 0.2) is 0 Å². The van der Waals surface area contributed by atoms with Crippen LogP contribution in [0.4, 0.5) is 0 Å². The Balaban J connectivity index is 2.45. The van der Waals surface area contributed by atoms with Gasteiger partial charge in [-0.25, -0.2) is 0 Å². The van der Waals surface area contributed by atoms with Crippen LogP contribution in [-0.4, -0.2) is 4.57 Å². The van der Waals surface area contributed by atoms with Gasteiger partial charge in [-0.1, -0.05) is 23.7 Å². The van der Waals surface area contributed by atoms with Crippen LogP contribution in [0.15, 0.2) is 42.6 Å². The van der Waals surface area contributed by atoms with Crippen LogP contribution in [0.2, 0.25) is 5.02 Å². The Morgan fingerprint density at radius 1 is 1.35 bits per heavy atom. The second-order valence-electron chi connectivity index (χ2n) is 3.72. The Hall–Kier alpha value is -1.98. The summed E-state index contributed by atoms with van der Waals surface area (Å²) in [4.78, 5) is 0. The monoisotopic (exact) mass is 242 g/mol. The Morgan fingerprint density at radius 2 is 2.18 bits per heavy atom. The minimum Gasteiger partial charge on any atom is -0.351 e. The van der Waals surface area contributed by atoms with E-state index in [1.807, 2.05) is 48.2 Å². The first-order valence-corrected chi connectivity index (χ1v) is 5.57. The fourth-order valence-electron chi connectivity index (χ4n) is 1.61. The molecule has 1 aromatic heterocycles. The molecule has 0 radical (unpaired) electrons. The van der Waals surface area contributed by atoms with Gasteiger partial charge in [0.1, 0.15) is 0 Å². The molecule has 84 valence electrons. The molecule has 0 unspecified atom stereocenters. The number of benzene rings is 1. The van der Waals surface area contributed by atoms with E-state index in [-0.39, 0.29) is 0 Å². The molecule has 0 spiro atoms. The zero-order valence-corrected chi connectivity index (χ0v) is 10.1. The number of nitriles is 1. The summed E-state index contributed by atoms with van der Waals surface area (Å²) in [5.41, 5.74) is 2.43. The summed E-state index contributed by atoms with van der Waals surface area (Å²) in [6.45, 7) is 0. The van der Waals surface area contributed by atoms with Gasteiger partial charge in [0.05, 0.1) is 11.6 Å². The van der Waals surface area contributed by atoms with E-state index < -0.39 is 0 Å². The number of hydrogen-bond acceptors (Lipinski definition) is 1. The van der Waals surface area contributed by atoms with Crippen LogP contribution in [-0.2, 0) is 7.05 Å². The van der Waals surface area contributed by atoms with Crippen molar-refractivity contribution in [3.05, 3.63) is 58.9 Å². The number of halogens is 1. The third-order valence-electron chi connectivity index (χ3n) is 2.53. The van der Waals surface area contributed by atoms with Crippen molar-refractivity contribution in [3.63, 3.8) is 0 Å². The minimum atomic E-state index is 0.606. The molecule has 0 saturated heterocycles. The smallest absolute Gasteiger partial charge is 0.0998 e. The fourth-order valence-corrected chi connectivity index (χ4v) is 1.80. The summed E-state index contributed by atoms with van der Waals surface area (Å²) in [7, 11) is 1.94. The van der Waals surface area contributed by atoms with E-state index in [4.69, 9.17) is 11.6 Å². The van der Waals surface area contributed by atoms with Crippen molar-refractivity contribution in [1.29, 1.82) is 5.26 Å². The lowest BCUT2D eigenvalue weighted by molar-refractivity contribution is 0.915. The highest BCUT2D eigenvalue weighted by Crippen LogP contribution is 2.20. The summed E-state index contributed by atoms with van der Waals surface area (Å²) in [5.74, 6) is 0. The average molecular weight is 243 g/mol. The van der Waals surface area contributed by atoms with Gasteiger partial charge in [0.2, 0.25) is 0 Å². The normalized spacial score (nSPS) is 11.2. The molecule has 0 N–H and O–H groups in total. The SMILES string of the molecule is Cn1cccc1/C=C(\C#N)c1cccc(Cl)c1. The maximum Gasteiger partial charge on any atom is 0.0998 e. The molecule has 0 aliphatic heterocycles. The first-order chi connectivity index (χ1) is 8.20. The summed E-state index contributed by atoms with van der Waals surface area (Å²) in [5, 5.41) is 9.82. The average Bonchev–Trinajstić information content (AvgIpc) is 2.71. The number of hydrogen-bond donors (Lipinski definition) is 0. The lowest BCUT2D eigenvalue weighted by atomic mass is 10.1. The van der Waals surface area contributed by atoms with E-state index in [1.54, 1.807) is 12.1 Å². The molecule has 1 heterocycles.